The van der Waals surface area contributed by atoms with E-state index in [2.05, 4.69) is 4.52 Å². The Balaban J connectivity index is 0. The van der Waals surface area contributed by atoms with Crippen LogP contribution in [0.2, 0.25) is 0 Å². The van der Waals surface area contributed by atoms with Crippen LogP contribution >= 0.6 is 8.03 Å². The standard InChI is InChI=1S/C4H10O2P.Mg/c1-3-4-7(5)6-2;/h3-4H2,1-2H3;/q+1;. The second-order valence-electron chi connectivity index (χ2n) is 1.24. The van der Waals surface area contributed by atoms with Crippen LogP contribution < -0.4 is 0 Å². The van der Waals surface area contributed by atoms with Crippen LogP contribution in [-0.2, 0) is 9.09 Å². The predicted octanol–water partition coefficient (Wildman–Crippen LogP) is 1.40. The van der Waals surface area contributed by atoms with Crippen molar-refractivity contribution in [1.82, 2.24) is 0 Å². The lowest BCUT2D eigenvalue weighted by molar-refractivity contribution is 0.414. The molecule has 0 saturated heterocycles. The Morgan fingerprint density at radius 1 is 1.62 bits per heavy atom. The van der Waals surface area contributed by atoms with Crippen molar-refractivity contribution < 1.29 is 9.09 Å². The summed E-state index contributed by atoms with van der Waals surface area (Å²) in [6.45, 7) is 1.98. The van der Waals surface area contributed by atoms with E-state index in [1.54, 1.807) is 0 Å². The van der Waals surface area contributed by atoms with Gasteiger partial charge in [0, 0.05) is 23.1 Å². The van der Waals surface area contributed by atoms with Crippen LogP contribution in [0.5, 0.6) is 0 Å². The Hall–Kier alpha value is 0.826. The molecule has 1 atom stereocenters. The van der Waals surface area contributed by atoms with E-state index in [0.29, 0.717) is 6.16 Å². The first-order valence-electron chi connectivity index (χ1n) is 2.30. The molecule has 2 nitrogen and oxygen atoms in total. The van der Waals surface area contributed by atoms with Gasteiger partial charge in [-0.15, -0.1) is 4.52 Å². The van der Waals surface area contributed by atoms with Crippen LogP contribution in [0.15, 0.2) is 0 Å². The lowest BCUT2D eigenvalue weighted by atomic mass is 10.6. The van der Waals surface area contributed by atoms with Crippen LogP contribution in [-0.4, -0.2) is 36.3 Å². The van der Waals surface area contributed by atoms with Crippen LogP contribution in [0.4, 0.5) is 0 Å². The highest BCUT2D eigenvalue weighted by Gasteiger charge is 2.09. The first-order valence-corrected chi connectivity index (χ1v) is 3.66. The molecule has 0 aromatic heterocycles. The monoisotopic (exact) mass is 145 g/mol. The van der Waals surface area contributed by atoms with Crippen molar-refractivity contribution in [2.24, 2.45) is 0 Å². The van der Waals surface area contributed by atoms with Gasteiger partial charge in [0.05, 0.1) is 7.11 Å². The summed E-state index contributed by atoms with van der Waals surface area (Å²) < 4.78 is 14.8. The Kier molecular flexibility index (Phi) is 11.3. The van der Waals surface area contributed by atoms with Gasteiger partial charge in [-0.2, -0.15) is 0 Å². The van der Waals surface area contributed by atoms with E-state index in [4.69, 9.17) is 0 Å². The highest BCUT2D eigenvalue weighted by molar-refractivity contribution is 7.39. The minimum absolute atomic E-state index is 0. The molecule has 44 valence electrons. The van der Waals surface area contributed by atoms with Crippen LogP contribution in [0, 0.1) is 0 Å². The first kappa shape index (κ1) is 11.6. The predicted molar refractivity (Wildman–Crippen MR) is 35.5 cm³/mol. The van der Waals surface area contributed by atoms with E-state index in [9.17, 15) is 4.57 Å². The summed E-state index contributed by atoms with van der Waals surface area (Å²) in [6.07, 6.45) is 1.62. The van der Waals surface area contributed by atoms with Crippen LogP contribution in [0.1, 0.15) is 13.3 Å². The molecular weight excluding hydrogens is 135 g/mol. The molecule has 0 aliphatic carbocycles. The minimum atomic E-state index is -1.33. The summed E-state index contributed by atoms with van der Waals surface area (Å²) in [4.78, 5) is 0. The average Bonchev–Trinajstić information content (AvgIpc) is 1.68. The van der Waals surface area contributed by atoms with Crippen molar-refractivity contribution in [3.8, 4) is 0 Å². The van der Waals surface area contributed by atoms with Crippen molar-refractivity contribution in [1.29, 1.82) is 0 Å². The van der Waals surface area contributed by atoms with Gasteiger partial charge < -0.3 is 0 Å². The van der Waals surface area contributed by atoms with Gasteiger partial charge in [-0.25, -0.2) is 0 Å². The summed E-state index contributed by atoms with van der Waals surface area (Å²) >= 11 is 0. The van der Waals surface area contributed by atoms with Gasteiger partial charge >= 0.3 is 8.03 Å². The largest absolute Gasteiger partial charge is 0.507 e. The normalized spacial score (nSPS) is 10.0. The first-order chi connectivity index (χ1) is 3.31. The fourth-order valence-corrected chi connectivity index (χ4v) is 0.822. The van der Waals surface area contributed by atoms with Gasteiger partial charge in [-0.3, -0.25) is 0 Å². The lowest BCUT2D eigenvalue weighted by Gasteiger charge is -1.73. The second kappa shape index (κ2) is 7.83. The molecule has 0 N–H and O–H groups in total. The van der Waals surface area contributed by atoms with Gasteiger partial charge in [0.15, 0.2) is 6.16 Å². The molecule has 0 aromatic rings. The number of rotatable bonds is 3. The van der Waals surface area contributed by atoms with Crippen molar-refractivity contribution in [3.05, 3.63) is 0 Å². The van der Waals surface area contributed by atoms with Crippen molar-refractivity contribution in [3.63, 3.8) is 0 Å². The van der Waals surface area contributed by atoms with Crippen molar-refractivity contribution in [2.75, 3.05) is 13.3 Å². The zero-order valence-corrected chi connectivity index (χ0v) is 7.69. The average molecular weight is 145 g/mol. The molecule has 0 saturated carbocycles. The third-order valence-electron chi connectivity index (χ3n) is 0.610. The van der Waals surface area contributed by atoms with Gasteiger partial charge in [0.1, 0.15) is 0 Å². The zero-order valence-electron chi connectivity index (χ0n) is 5.39. The molecule has 0 rings (SSSR count). The maximum atomic E-state index is 10.3. The molecule has 0 heterocycles. The molecule has 1 unspecified atom stereocenters. The summed E-state index contributed by atoms with van der Waals surface area (Å²) in [5, 5.41) is 0. The zero-order chi connectivity index (χ0) is 5.70. The third-order valence-corrected chi connectivity index (χ3v) is 1.83. The van der Waals surface area contributed by atoms with Crippen molar-refractivity contribution in [2.45, 2.75) is 13.3 Å². The molecule has 0 spiro atoms. The van der Waals surface area contributed by atoms with E-state index in [-0.39, 0.29) is 23.1 Å². The van der Waals surface area contributed by atoms with E-state index >= 15 is 0 Å². The highest BCUT2D eigenvalue weighted by Crippen LogP contribution is 2.19. The molecule has 0 bridgehead atoms. The molecule has 0 aliphatic rings. The highest BCUT2D eigenvalue weighted by atomic mass is 31.1. The molecular formula is C4H10MgO2P+. The van der Waals surface area contributed by atoms with E-state index < -0.39 is 8.03 Å². The van der Waals surface area contributed by atoms with Crippen LogP contribution in [0.25, 0.3) is 0 Å². The molecule has 0 amide bonds. The van der Waals surface area contributed by atoms with Crippen LogP contribution in [0.3, 0.4) is 0 Å². The summed E-state index contributed by atoms with van der Waals surface area (Å²) in [6, 6.07) is 0. The quantitative estimate of drug-likeness (QED) is 0.443. The van der Waals surface area contributed by atoms with Gasteiger partial charge in [0.25, 0.3) is 0 Å². The fourth-order valence-electron chi connectivity index (χ4n) is 0.274. The second-order valence-corrected chi connectivity index (χ2v) is 2.72. The van der Waals surface area contributed by atoms with E-state index in [1.807, 2.05) is 6.92 Å². The van der Waals surface area contributed by atoms with Gasteiger partial charge in [-0.05, 0) is 11.0 Å². The minimum Gasteiger partial charge on any atom is -0.150 e. The number of hydrogen-bond donors (Lipinski definition) is 0. The number of hydrogen-bond acceptors (Lipinski definition) is 2. The van der Waals surface area contributed by atoms with Gasteiger partial charge in [-0.1, -0.05) is 6.92 Å². The third kappa shape index (κ3) is 6.83. The Morgan fingerprint density at radius 3 is 2.25 bits per heavy atom. The summed E-state index contributed by atoms with van der Waals surface area (Å²) in [5.74, 6) is 0. The molecule has 8 heavy (non-hydrogen) atoms. The fraction of sp³-hybridized carbons (Fsp3) is 1.00. The van der Waals surface area contributed by atoms with E-state index in [1.165, 1.54) is 7.11 Å². The topological polar surface area (TPSA) is 26.3 Å². The van der Waals surface area contributed by atoms with Crippen molar-refractivity contribution >= 4 is 31.1 Å². The molecule has 0 aliphatic heterocycles. The maximum Gasteiger partial charge on any atom is 0.507 e. The molecule has 4 heteroatoms. The Morgan fingerprint density at radius 2 is 2.12 bits per heavy atom. The lowest BCUT2D eigenvalue weighted by Crippen LogP contribution is -1.73. The summed E-state index contributed by atoms with van der Waals surface area (Å²) in [7, 11) is 0.138. The molecule has 0 fully saturated rings. The SMILES string of the molecule is CCC[P+](=O)OC.[Mg]. The van der Waals surface area contributed by atoms with Gasteiger partial charge in [0.2, 0.25) is 0 Å². The smallest absolute Gasteiger partial charge is 0.150 e. The van der Waals surface area contributed by atoms with E-state index in [0.717, 1.165) is 6.42 Å². The summed E-state index contributed by atoms with van der Waals surface area (Å²) in [5.41, 5.74) is 0. The molecule has 2 radical (unpaired) electrons. The Bertz CT molecular complexity index is 67.1. The Labute approximate surface area is 67.0 Å². The molecule has 0 aromatic carbocycles. The maximum absolute atomic E-state index is 10.3.